The summed E-state index contributed by atoms with van der Waals surface area (Å²) < 4.78 is 39.0. The van der Waals surface area contributed by atoms with Gasteiger partial charge in [0, 0.05) is 12.2 Å². The van der Waals surface area contributed by atoms with Crippen molar-refractivity contribution in [3.05, 3.63) is 77.1 Å². The van der Waals surface area contributed by atoms with Crippen LogP contribution in [0.3, 0.4) is 0 Å². The second kappa shape index (κ2) is 8.38. The Labute approximate surface area is 165 Å². The van der Waals surface area contributed by atoms with Crippen LogP contribution < -0.4 is 10.2 Å². The topological polar surface area (TPSA) is 69.6 Å². The van der Waals surface area contributed by atoms with Crippen LogP contribution in [0.2, 0.25) is 0 Å². The lowest BCUT2D eigenvalue weighted by Crippen LogP contribution is -2.30. The number of alkyl halides is 3. The first-order chi connectivity index (χ1) is 13.8. The van der Waals surface area contributed by atoms with Gasteiger partial charge in [-0.3, -0.25) is 9.59 Å². The van der Waals surface area contributed by atoms with Crippen LogP contribution >= 0.6 is 0 Å². The van der Waals surface area contributed by atoms with Gasteiger partial charge in [0.1, 0.15) is 0 Å². The maximum Gasteiger partial charge on any atom is 0.416 e. The number of benzene rings is 2. The summed E-state index contributed by atoms with van der Waals surface area (Å²) in [7, 11) is 0. The van der Waals surface area contributed by atoms with E-state index in [0.717, 1.165) is 6.07 Å². The highest BCUT2D eigenvalue weighted by Crippen LogP contribution is 2.32. The minimum atomic E-state index is -4.43. The number of aliphatic hydroxyl groups is 1. The molecule has 1 heterocycles. The molecule has 0 saturated heterocycles. The number of anilines is 1. The molecule has 2 N–H and O–H groups in total. The molecule has 2 amide bonds. The Morgan fingerprint density at radius 2 is 1.72 bits per heavy atom. The molecule has 8 heteroatoms. The van der Waals surface area contributed by atoms with Crippen LogP contribution in [0.1, 0.15) is 17.5 Å². The van der Waals surface area contributed by atoms with E-state index >= 15 is 0 Å². The molecular formula is C21H19F3N2O3. The van der Waals surface area contributed by atoms with Gasteiger partial charge in [-0.25, -0.2) is 0 Å². The number of nitrogens with one attached hydrogen (secondary N) is 1. The molecule has 0 radical (unpaired) electrons. The maximum absolute atomic E-state index is 13.0. The molecule has 29 heavy (non-hydrogen) atoms. The summed E-state index contributed by atoms with van der Waals surface area (Å²) in [5.74, 6) is -1.90. The van der Waals surface area contributed by atoms with Crippen molar-refractivity contribution >= 4 is 17.5 Å². The van der Waals surface area contributed by atoms with Crippen molar-refractivity contribution in [1.29, 1.82) is 0 Å². The monoisotopic (exact) mass is 404 g/mol. The molecule has 1 aliphatic heterocycles. The third kappa shape index (κ3) is 4.59. The van der Waals surface area contributed by atoms with Crippen molar-refractivity contribution in [2.24, 2.45) is 0 Å². The molecule has 2 aromatic carbocycles. The van der Waals surface area contributed by atoms with Crippen molar-refractivity contribution in [2.45, 2.75) is 19.0 Å². The standard InChI is InChI=1S/C21H19F3N2O3/c22-21(23,24)17-11-5-4-7-14(17)8-6-12-25-19(28)16-13-26(20(29)18(16)27)15-9-2-1-3-10-15/h1-5,7,9-11,27H,6,8,12-13H2,(H,25,28). The highest BCUT2D eigenvalue weighted by molar-refractivity contribution is 6.14. The summed E-state index contributed by atoms with van der Waals surface area (Å²) in [6.07, 6.45) is -4.01. The smallest absolute Gasteiger partial charge is 0.416 e. The molecular weight excluding hydrogens is 385 g/mol. The number of amides is 2. The van der Waals surface area contributed by atoms with E-state index in [1.807, 2.05) is 0 Å². The average Bonchev–Trinajstić information content (AvgIpc) is 3.00. The summed E-state index contributed by atoms with van der Waals surface area (Å²) in [6.45, 7) is 0.0404. The van der Waals surface area contributed by atoms with Gasteiger partial charge in [0.2, 0.25) is 0 Å². The lowest BCUT2D eigenvalue weighted by molar-refractivity contribution is -0.138. The Morgan fingerprint density at radius 1 is 1.07 bits per heavy atom. The second-order valence-electron chi connectivity index (χ2n) is 6.57. The predicted molar refractivity (Wildman–Crippen MR) is 101 cm³/mol. The van der Waals surface area contributed by atoms with E-state index in [4.69, 9.17) is 0 Å². The number of aryl methyl sites for hydroxylation is 1. The molecule has 0 aromatic heterocycles. The number of nitrogens with zero attached hydrogens (tertiary/aromatic N) is 1. The predicted octanol–water partition coefficient (Wildman–Crippen LogP) is 3.61. The average molecular weight is 404 g/mol. The number of halogens is 3. The Morgan fingerprint density at radius 3 is 2.41 bits per heavy atom. The summed E-state index contributed by atoms with van der Waals surface area (Å²) in [5, 5.41) is 12.6. The van der Waals surface area contributed by atoms with E-state index in [0.29, 0.717) is 5.69 Å². The number of carbonyl (C=O) groups is 2. The Hall–Kier alpha value is -3.29. The van der Waals surface area contributed by atoms with E-state index in [9.17, 15) is 27.9 Å². The summed E-state index contributed by atoms with van der Waals surface area (Å²) >= 11 is 0. The van der Waals surface area contributed by atoms with Gasteiger partial charge in [-0.05, 0) is 36.6 Å². The van der Waals surface area contributed by atoms with E-state index in [1.165, 1.54) is 23.1 Å². The van der Waals surface area contributed by atoms with E-state index in [1.54, 1.807) is 30.3 Å². The van der Waals surface area contributed by atoms with E-state index < -0.39 is 29.3 Å². The van der Waals surface area contributed by atoms with Gasteiger partial charge in [-0.1, -0.05) is 36.4 Å². The molecule has 0 saturated carbocycles. The molecule has 3 rings (SSSR count). The highest BCUT2D eigenvalue weighted by Gasteiger charge is 2.35. The Balaban J connectivity index is 1.56. The van der Waals surface area contributed by atoms with Crippen LogP contribution in [0.25, 0.3) is 0 Å². The van der Waals surface area contributed by atoms with Crippen molar-refractivity contribution < 1.29 is 27.9 Å². The summed E-state index contributed by atoms with van der Waals surface area (Å²) in [4.78, 5) is 25.8. The van der Waals surface area contributed by atoms with Crippen molar-refractivity contribution in [3.63, 3.8) is 0 Å². The van der Waals surface area contributed by atoms with Gasteiger partial charge in [-0.2, -0.15) is 13.2 Å². The van der Waals surface area contributed by atoms with Crippen LogP contribution in [-0.4, -0.2) is 30.0 Å². The molecule has 5 nitrogen and oxygen atoms in total. The molecule has 0 fully saturated rings. The molecule has 0 atom stereocenters. The first-order valence-corrected chi connectivity index (χ1v) is 9.01. The Kier molecular flexibility index (Phi) is 5.91. The third-order valence-corrected chi connectivity index (χ3v) is 4.62. The van der Waals surface area contributed by atoms with Gasteiger partial charge in [0.05, 0.1) is 17.7 Å². The van der Waals surface area contributed by atoms with Gasteiger partial charge < -0.3 is 15.3 Å². The zero-order chi connectivity index (χ0) is 21.0. The number of aliphatic hydroxyl groups excluding tert-OH is 1. The quantitative estimate of drug-likeness (QED) is 0.723. The molecule has 2 aromatic rings. The van der Waals surface area contributed by atoms with Crippen LogP contribution in [0.15, 0.2) is 65.9 Å². The number of carbonyl (C=O) groups excluding carboxylic acids is 2. The fourth-order valence-corrected chi connectivity index (χ4v) is 3.16. The van der Waals surface area contributed by atoms with Crippen LogP contribution in [0.4, 0.5) is 18.9 Å². The third-order valence-electron chi connectivity index (χ3n) is 4.62. The van der Waals surface area contributed by atoms with E-state index in [2.05, 4.69) is 5.32 Å². The lowest BCUT2D eigenvalue weighted by atomic mass is 10.0. The van der Waals surface area contributed by atoms with Gasteiger partial charge >= 0.3 is 6.18 Å². The molecule has 152 valence electrons. The second-order valence-corrected chi connectivity index (χ2v) is 6.57. The molecule has 0 spiro atoms. The fraction of sp³-hybridized carbons (Fsp3) is 0.238. The van der Waals surface area contributed by atoms with Gasteiger partial charge in [-0.15, -0.1) is 0 Å². The molecule has 1 aliphatic rings. The van der Waals surface area contributed by atoms with Crippen molar-refractivity contribution in [3.8, 4) is 0 Å². The SMILES string of the molecule is O=C(NCCCc1ccccc1C(F)(F)F)C1=C(O)C(=O)N(c2ccccc2)C1. The normalized spacial score (nSPS) is 14.4. The highest BCUT2D eigenvalue weighted by atomic mass is 19.4. The summed E-state index contributed by atoms with van der Waals surface area (Å²) in [5.41, 5.74) is -0.0423. The number of para-hydroxylation sites is 1. The van der Waals surface area contributed by atoms with E-state index in [-0.39, 0.29) is 37.1 Å². The number of hydrogen-bond acceptors (Lipinski definition) is 3. The zero-order valence-corrected chi connectivity index (χ0v) is 15.4. The zero-order valence-electron chi connectivity index (χ0n) is 15.4. The van der Waals surface area contributed by atoms with Crippen LogP contribution in [0, 0.1) is 0 Å². The minimum Gasteiger partial charge on any atom is -0.503 e. The first kappa shape index (κ1) is 20.4. The van der Waals surface area contributed by atoms with Crippen LogP contribution in [0.5, 0.6) is 0 Å². The molecule has 0 unspecified atom stereocenters. The number of rotatable bonds is 6. The largest absolute Gasteiger partial charge is 0.503 e. The molecule has 0 aliphatic carbocycles. The maximum atomic E-state index is 13.0. The fourth-order valence-electron chi connectivity index (χ4n) is 3.16. The number of hydrogen-bond donors (Lipinski definition) is 2. The van der Waals surface area contributed by atoms with Crippen LogP contribution in [-0.2, 0) is 22.2 Å². The minimum absolute atomic E-state index is 0.0606. The van der Waals surface area contributed by atoms with Crippen molar-refractivity contribution in [1.82, 2.24) is 5.32 Å². The van der Waals surface area contributed by atoms with Gasteiger partial charge in [0.25, 0.3) is 11.8 Å². The molecule has 0 bridgehead atoms. The van der Waals surface area contributed by atoms with Crippen molar-refractivity contribution in [2.75, 3.05) is 18.0 Å². The lowest BCUT2D eigenvalue weighted by Gasteiger charge is -2.16. The first-order valence-electron chi connectivity index (χ1n) is 9.01. The van der Waals surface area contributed by atoms with Gasteiger partial charge in [0.15, 0.2) is 5.76 Å². The Bertz CT molecular complexity index is 940. The summed E-state index contributed by atoms with van der Waals surface area (Å²) in [6, 6.07) is 13.9.